The lowest BCUT2D eigenvalue weighted by Crippen LogP contribution is -2.44. The molecule has 8 rings (SSSR count). The van der Waals surface area contributed by atoms with Gasteiger partial charge in [-0.2, -0.15) is 4.98 Å². The molecule has 3 N–H and O–H groups in total. The van der Waals surface area contributed by atoms with Gasteiger partial charge in [0.25, 0.3) is 0 Å². The van der Waals surface area contributed by atoms with Crippen LogP contribution in [-0.4, -0.2) is 106 Å². The zero-order chi connectivity index (χ0) is 43.2. The van der Waals surface area contributed by atoms with Crippen molar-refractivity contribution in [2.75, 3.05) is 69.6 Å². The summed E-state index contributed by atoms with van der Waals surface area (Å²) in [6.07, 6.45) is 9.95. The highest BCUT2D eigenvalue weighted by Gasteiger charge is 2.61. The minimum atomic E-state index is -1.41. The molecule has 0 bridgehead atoms. The second-order valence-corrected chi connectivity index (χ2v) is 17.7. The molecule has 2 aromatic heterocycles. The van der Waals surface area contributed by atoms with Crippen LogP contribution in [0.2, 0.25) is 0 Å². The zero-order valence-electron chi connectivity index (χ0n) is 35.4. The van der Waals surface area contributed by atoms with E-state index < -0.39 is 28.3 Å². The number of rotatable bonds is 22. The number of nitrogens with one attached hydrogen (secondary N) is 3. The number of amides is 3. The van der Waals surface area contributed by atoms with Crippen LogP contribution in [0.25, 0.3) is 11.0 Å². The topological polar surface area (TPSA) is 197 Å². The molecule has 62 heavy (non-hydrogen) atoms. The van der Waals surface area contributed by atoms with Crippen molar-refractivity contribution in [2.24, 2.45) is 7.05 Å². The molecule has 2 atom stereocenters. The number of hydrogen-bond acceptors (Lipinski definition) is 12. The predicted molar refractivity (Wildman–Crippen MR) is 232 cm³/mol. The van der Waals surface area contributed by atoms with Crippen molar-refractivity contribution in [3.8, 4) is 0 Å². The number of benzene rings is 2. The molecule has 0 radical (unpaired) electrons. The molecule has 2 aromatic carbocycles. The predicted octanol–water partition coefficient (Wildman–Crippen LogP) is 3.79. The Kier molecular flexibility index (Phi) is 13.9. The van der Waals surface area contributed by atoms with Crippen LogP contribution in [-0.2, 0) is 63.2 Å². The number of fused-ring (bicyclic) bond motifs is 3. The van der Waals surface area contributed by atoms with Gasteiger partial charge in [0.05, 0.1) is 67.6 Å². The van der Waals surface area contributed by atoms with E-state index in [9.17, 15) is 23.4 Å². The van der Waals surface area contributed by atoms with E-state index >= 15 is 0 Å². The third kappa shape index (κ3) is 9.55. The maximum absolute atomic E-state index is 13.4. The van der Waals surface area contributed by atoms with Crippen LogP contribution in [0.5, 0.6) is 0 Å². The van der Waals surface area contributed by atoms with Crippen molar-refractivity contribution in [1.29, 1.82) is 0 Å². The van der Waals surface area contributed by atoms with Crippen molar-refractivity contribution in [1.82, 2.24) is 29.1 Å². The van der Waals surface area contributed by atoms with E-state index in [0.717, 1.165) is 85.1 Å². The average Bonchev–Trinajstić information content (AvgIpc) is 3.73. The first-order valence-corrected chi connectivity index (χ1v) is 22.9. The highest BCUT2D eigenvalue weighted by atomic mass is 32.2. The Morgan fingerprint density at radius 1 is 0.871 bits per heavy atom. The maximum atomic E-state index is 13.4. The van der Waals surface area contributed by atoms with Gasteiger partial charge in [0, 0.05) is 50.1 Å². The average molecular weight is 873 g/mol. The molecule has 18 heteroatoms. The molecule has 2 unspecified atom stereocenters. The van der Waals surface area contributed by atoms with Crippen LogP contribution in [0.15, 0.2) is 52.3 Å². The second-order valence-electron chi connectivity index (χ2n) is 16.4. The SMILES string of the molecule is Cc1cc(S(=O)NCCOCCOCCOCCOCCCc2ccc3c(c2)n(C)c(=O)n3C2CCC(=O)NC2=O)ccc1Nc1ncc2c(n1)N(C1CCCC1)C(=O)C21CC1. The Morgan fingerprint density at radius 3 is 2.27 bits per heavy atom. The fraction of sp³-hybridized carbons (Fsp3) is 0.545. The summed E-state index contributed by atoms with van der Waals surface area (Å²) >= 11 is 0. The molecule has 17 nitrogen and oxygen atoms in total. The Balaban J connectivity index is 0.651. The summed E-state index contributed by atoms with van der Waals surface area (Å²) in [6, 6.07) is 10.9. The summed E-state index contributed by atoms with van der Waals surface area (Å²) < 4.78 is 41.5. The fourth-order valence-electron chi connectivity index (χ4n) is 8.74. The number of ether oxygens (including phenoxy) is 4. The fourth-order valence-corrected chi connectivity index (χ4v) is 9.65. The van der Waals surface area contributed by atoms with Crippen LogP contribution in [0.4, 0.5) is 17.5 Å². The van der Waals surface area contributed by atoms with E-state index in [1.807, 2.05) is 54.4 Å². The highest BCUT2D eigenvalue weighted by Crippen LogP contribution is 2.58. The lowest BCUT2D eigenvalue weighted by molar-refractivity contribution is -0.135. The normalized spacial score (nSPS) is 18.8. The molecule has 2 saturated carbocycles. The summed E-state index contributed by atoms with van der Waals surface area (Å²) in [5, 5.41) is 5.65. The van der Waals surface area contributed by atoms with Gasteiger partial charge in [0.15, 0.2) is 0 Å². The minimum absolute atomic E-state index is 0.194. The van der Waals surface area contributed by atoms with E-state index in [4.69, 9.17) is 23.9 Å². The van der Waals surface area contributed by atoms with Crippen molar-refractivity contribution in [2.45, 2.75) is 93.5 Å². The highest BCUT2D eigenvalue weighted by molar-refractivity contribution is 7.83. The molecule has 4 aromatic rings. The summed E-state index contributed by atoms with van der Waals surface area (Å²) in [5.41, 5.74) is 4.46. The Bertz CT molecular complexity index is 2370. The van der Waals surface area contributed by atoms with Gasteiger partial charge in [-0.15, -0.1) is 0 Å². The van der Waals surface area contributed by atoms with Crippen LogP contribution in [0.3, 0.4) is 0 Å². The van der Waals surface area contributed by atoms with Crippen molar-refractivity contribution in [3.63, 3.8) is 0 Å². The monoisotopic (exact) mass is 872 g/mol. The van der Waals surface area contributed by atoms with E-state index in [1.165, 1.54) is 4.57 Å². The first-order chi connectivity index (χ1) is 30.1. The van der Waals surface area contributed by atoms with Crippen LogP contribution in [0, 0.1) is 6.92 Å². The molecular formula is C44H56N8O9S. The third-order valence-electron chi connectivity index (χ3n) is 12.3. The van der Waals surface area contributed by atoms with E-state index in [1.54, 1.807) is 11.6 Å². The largest absolute Gasteiger partial charge is 0.379 e. The van der Waals surface area contributed by atoms with Crippen LogP contribution in [0.1, 0.15) is 80.5 Å². The molecule has 1 saturated heterocycles. The van der Waals surface area contributed by atoms with E-state index in [0.29, 0.717) is 82.2 Å². The maximum Gasteiger partial charge on any atom is 0.329 e. The molecule has 4 aliphatic rings. The van der Waals surface area contributed by atoms with Gasteiger partial charge >= 0.3 is 5.69 Å². The smallest absolute Gasteiger partial charge is 0.329 e. The Hall–Kier alpha value is -4.85. The second kappa shape index (κ2) is 19.7. The van der Waals surface area contributed by atoms with E-state index in [2.05, 4.69) is 20.3 Å². The number of imide groups is 1. The first kappa shape index (κ1) is 43.8. The number of hydrogen-bond donors (Lipinski definition) is 3. The number of nitrogens with zero attached hydrogens (tertiary/aromatic N) is 5. The summed E-state index contributed by atoms with van der Waals surface area (Å²) in [5.74, 6) is 0.643. The van der Waals surface area contributed by atoms with Gasteiger partial charge < -0.3 is 24.3 Å². The molecule has 3 fully saturated rings. The minimum Gasteiger partial charge on any atom is -0.379 e. The number of anilines is 3. The third-order valence-corrected chi connectivity index (χ3v) is 13.4. The van der Waals surface area contributed by atoms with Crippen molar-refractivity contribution < 1.29 is 37.5 Å². The molecule has 1 spiro atoms. The molecule has 3 amide bonds. The lowest BCUT2D eigenvalue weighted by atomic mass is 10.0. The van der Waals surface area contributed by atoms with Gasteiger partial charge in [-0.1, -0.05) is 18.9 Å². The van der Waals surface area contributed by atoms with Crippen molar-refractivity contribution in [3.05, 3.63) is 69.8 Å². The van der Waals surface area contributed by atoms with Gasteiger partial charge in [0.1, 0.15) is 22.8 Å². The Morgan fingerprint density at radius 2 is 1.58 bits per heavy atom. The van der Waals surface area contributed by atoms with Gasteiger partial charge in [-0.3, -0.25) is 33.7 Å². The molecule has 2 aliphatic carbocycles. The number of carbonyl (C=O) groups excluding carboxylic acids is 3. The van der Waals surface area contributed by atoms with Crippen molar-refractivity contribution >= 4 is 57.2 Å². The quantitative estimate of drug-likeness (QED) is 0.0765. The van der Waals surface area contributed by atoms with Crippen LogP contribution >= 0.6 is 0 Å². The summed E-state index contributed by atoms with van der Waals surface area (Å²) in [6.45, 7) is 5.92. The Labute approximate surface area is 362 Å². The van der Waals surface area contributed by atoms with Gasteiger partial charge in [-0.25, -0.2) is 18.7 Å². The number of aromatic nitrogens is 4. The first-order valence-electron chi connectivity index (χ1n) is 21.7. The standard InChI is InChI=1S/C44H56N8O9S/c1-29-26-32(10-11-34(29)47-42-45-28-33-39(49-42)51(31-7-3-4-8-31)41(55)44(33)15-16-44)62(57)46-17-19-59-21-23-61-25-24-60-22-20-58-18-5-6-30-9-12-35-37(27-30)50(2)43(56)52(35)36-13-14-38(53)48-40(36)54/h9-12,26-28,31,36,46H,3-8,13-25H2,1-2H3,(H,45,47,49)(H,48,53,54). The number of aryl methyl sites for hydroxylation is 3. The summed E-state index contributed by atoms with van der Waals surface area (Å²) in [4.78, 5) is 62.5. The van der Waals surface area contributed by atoms with Gasteiger partial charge in [-0.05, 0) is 93.3 Å². The van der Waals surface area contributed by atoms with Crippen LogP contribution < -0.4 is 25.9 Å². The molecule has 2 aliphatic heterocycles. The molecular weight excluding hydrogens is 817 g/mol. The number of imidazole rings is 1. The molecule has 332 valence electrons. The zero-order valence-corrected chi connectivity index (χ0v) is 36.3. The summed E-state index contributed by atoms with van der Waals surface area (Å²) in [7, 11) is 0.276. The molecule has 4 heterocycles. The lowest BCUT2D eigenvalue weighted by Gasteiger charge is -2.24. The number of piperidine rings is 1. The number of carbonyl (C=O) groups is 3. The van der Waals surface area contributed by atoms with Gasteiger partial charge in [0.2, 0.25) is 23.7 Å². The van der Waals surface area contributed by atoms with E-state index in [-0.39, 0.29) is 30.0 Å².